The van der Waals surface area contributed by atoms with E-state index in [2.05, 4.69) is 4.98 Å². The second-order valence-corrected chi connectivity index (χ2v) is 9.68. The molecule has 2 aliphatic heterocycles. The zero-order valence-electron chi connectivity index (χ0n) is 20.1. The second-order valence-electron chi connectivity index (χ2n) is 9.68. The summed E-state index contributed by atoms with van der Waals surface area (Å²) in [4.78, 5) is 36.2. The summed E-state index contributed by atoms with van der Waals surface area (Å²) in [5, 5.41) is 0. The van der Waals surface area contributed by atoms with Crippen molar-refractivity contribution in [3.8, 4) is 0 Å². The summed E-state index contributed by atoms with van der Waals surface area (Å²) in [7, 11) is 0. The average molecular weight is 489 g/mol. The lowest BCUT2D eigenvalue weighted by molar-refractivity contribution is -0.147. The lowest BCUT2D eigenvalue weighted by atomic mass is 9.92. The van der Waals surface area contributed by atoms with Gasteiger partial charge in [0.1, 0.15) is 11.9 Å². The summed E-state index contributed by atoms with van der Waals surface area (Å²) >= 11 is 0. The number of hydrogen-bond acceptors (Lipinski definition) is 4. The third-order valence-corrected chi connectivity index (χ3v) is 6.64. The number of aromatic nitrogens is 1. The summed E-state index contributed by atoms with van der Waals surface area (Å²) in [6, 6.07) is 9.79. The van der Waals surface area contributed by atoms with Crippen LogP contribution in [0.5, 0.6) is 0 Å². The monoisotopic (exact) mass is 488 g/mol. The van der Waals surface area contributed by atoms with Crippen LogP contribution in [0.25, 0.3) is 0 Å². The first kappa shape index (κ1) is 25.0. The van der Waals surface area contributed by atoms with Crippen molar-refractivity contribution in [2.24, 2.45) is 5.92 Å². The number of alkyl halides is 3. The van der Waals surface area contributed by atoms with Gasteiger partial charge in [-0.25, -0.2) is 4.98 Å². The van der Waals surface area contributed by atoms with E-state index in [0.717, 1.165) is 23.4 Å². The number of amides is 2. The van der Waals surface area contributed by atoms with Crippen LogP contribution in [-0.2, 0) is 28.7 Å². The fourth-order valence-corrected chi connectivity index (χ4v) is 4.79. The third-order valence-electron chi connectivity index (χ3n) is 6.64. The maximum atomic E-state index is 13.7. The Morgan fingerprint density at radius 1 is 1.03 bits per heavy atom. The first-order valence-electron chi connectivity index (χ1n) is 12.1. The summed E-state index contributed by atoms with van der Waals surface area (Å²) < 4.78 is 38.6. The highest BCUT2D eigenvalue weighted by atomic mass is 19.4. The Kier molecular flexibility index (Phi) is 7.33. The number of carbonyl (C=O) groups excluding carboxylic acids is 2. The van der Waals surface area contributed by atoms with E-state index in [0.29, 0.717) is 57.8 Å². The second kappa shape index (κ2) is 10.3. The molecule has 0 spiro atoms. The topological polar surface area (TPSA) is 56.8 Å². The number of halogens is 3. The summed E-state index contributed by atoms with van der Waals surface area (Å²) in [6.45, 7) is 6.41. The smallest absolute Gasteiger partial charge is 0.355 e. The molecule has 1 unspecified atom stereocenters. The van der Waals surface area contributed by atoms with Gasteiger partial charge in [0.25, 0.3) is 0 Å². The van der Waals surface area contributed by atoms with E-state index >= 15 is 0 Å². The Labute approximate surface area is 203 Å². The maximum Gasteiger partial charge on any atom is 0.417 e. The van der Waals surface area contributed by atoms with Gasteiger partial charge in [0.15, 0.2) is 0 Å². The number of benzene rings is 1. The molecule has 0 saturated carbocycles. The summed E-state index contributed by atoms with van der Waals surface area (Å²) in [5.74, 6) is 0.572. The van der Waals surface area contributed by atoms with Gasteiger partial charge in [-0.3, -0.25) is 9.59 Å². The largest absolute Gasteiger partial charge is 0.417 e. The highest BCUT2D eigenvalue weighted by molar-refractivity contribution is 5.88. The molecule has 1 saturated heterocycles. The van der Waals surface area contributed by atoms with Gasteiger partial charge in [0, 0.05) is 51.8 Å². The Bertz CT molecular complexity index is 1060. The van der Waals surface area contributed by atoms with Gasteiger partial charge in [-0.05, 0) is 35.6 Å². The molecule has 0 radical (unpaired) electrons. The molecule has 0 bridgehead atoms. The minimum atomic E-state index is -4.43. The van der Waals surface area contributed by atoms with Gasteiger partial charge < -0.3 is 14.7 Å². The number of hydrogen-bond donors (Lipinski definition) is 0. The van der Waals surface area contributed by atoms with Crippen LogP contribution in [0.3, 0.4) is 0 Å². The van der Waals surface area contributed by atoms with Gasteiger partial charge in [-0.1, -0.05) is 38.1 Å². The fraction of sp³-hybridized carbons (Fsp3) is 0.500. The standard InChI is InChI=1S/C26H31F3N4O2/c1-18(2)14-24(34)33-17-20-7-4-3-6-19(20)15-22(33)25(35)32-11-5-10-31(12-13-32)23-9-8-21(16-30-23)26(27,28)29/h3-4,6-9,16,18,22H,5,10-15,17H2,1-2H3. The predicted octanol–water partition coefficient (Wildman–Crippen LogP) is 4.14. The van der Waals surface area contributed by atoms with Crippen LogP contribution in [0.1, 0.15) is 43.4 Å². The zero-order valence-corrected chi connectivity index (χ0v) is 20.1. The normalized spacial score (nSPS) is 18.9. The molecule has 188 valence electrons. The molecule has 1 aromatic heterocycles. The van der Waals surface area contributed by atoms with Gasteiger partial charge >= 0.3 is 6.18 Å². The third kappa shape index (κ3) is 5.77. The van der Waals surface area contributed by atoms with Crippen LogP contribution in [-0.4, -0.2) is 58.8 Å². The number of nitrogens with zero attached hydrogens (tertiary/aromatic N) is 4. The molecule has 1 atom stereocenters. The van der Waals surface area contributed by atoms with Gasteiger partial charge in [-0.15, -0.1) is 0 Å². The van der Waals surface area contributed by atoms with Crippen molar-refractivity contribution >= 4 is 17.6 Å². The van der Waals surface area contributed by atoms with Crippen LogP contribution in [0.2, 0.25) is 0 Å². The van der Waals surface area contributed by atoms with Crippen molar-refractivity contribution in [3.63, 3.8) is 0 Å². The molecular weight excluding hydrogens is 457 g/mol. The Hall–Kier alpha value is -3.10. The highest BCUT2D eigenvalue weighted by Gasteiger charge is 2.37. The quantitative estimate of drug-likeness (QED) is 0.649. The van der Waals surface area contributed by atoms with Crippen molar-refractivity contribution < 1.29 is 22.8 Å². The molecule has 2 aromatic rings. The molecule has 6 nitrogen and oxygen atoms in total. The number of fused-ring (bicyclic) bond motifs is 1. The van der Waals surface area contributed by atoms with Crippen LogP contribution < -0.4 is 4.90 Å². The van der Waals surface area contributed by atoms with E-state index in [-0.39, 0.29) is 17.7 Å². The lowest BCUT2D eigenvalue weighted by Gasteiger charge is -2.39. The fourth-order valence-electron chi connectivity index (χ4n) is 4.79. The van der Waals surface area contributed by atoms with Crippen molar-refractivity contribution in [2.45, 2.75) is 51.9 Å². The first-order valence-corrected chi connectivity index (χ1v) is 12.1. The average Bonchev–Trinajstić information content (AvgIpc) is 3.08. The minimum absolute atomic E-state index is 0.0155. The number of anilines is 1. The molecule has 4 rings (SSSR count). The molecule has 1 aromatic carbocycles. The summed E-state index contributed by atoms with van der Waals surface area (Å²) in [6.07, 6.45) is -2.04. The van der Waals surface area contributed by atoms with E-state index in [9.17, 15) is 22.8 Å². The number of pyridine rings is 1. The van der Waals surface area contributed by atoms with Crippen LogP contribution in [0.4, 0.5) is 19.0 Å². The molecule has 1 fully saturated rings. The van der Waals surface area contributed by atoms with Crippen molar-refractivity contribution in [3.05, 3.63) is 59.3 Å². The Morgan fingerprint density at radius 2 is 1.77 bits per heavy atom. The molecule has 9 heteroatoms. The molecule has 0 aliphatic carbocycles. The Balaban J connectivity index is 1.48. The van der Waals surface area contributed by atoms with Gasteiger partial charge in [-0.2, -0.15) is 13.2 Å². The number of rotatable bonds is 4. The molecule has 0 N–H and O–H groups in total. The van der Waals surface area contributed by atoms with E-state index in [1.54, 1.807) is 9.80 Å². The van der Waals surface area contributed by atoms with E-state index in [1.165, 1.54) is 6.07 Å². The van der Waals surface area contributed by atoms with Crippen molar-refractivity contribution in [1.82, 2.24) is 14.8 Å². The highest BCUT2D eigenvalue weighted by Crippen LogP contribution is 2.30. The Morgan fingerprint density at radius 3 is 2.43 bits per heavy atom. The lowest BCUT2D eigenvalue weighted by Crippen LogP contribution is -2.54. The SMILES string of the molecule is CC(C)CC(=O)N1Cc2ccccc2CC1C(=O)N1CCCN(c2ccc(C(F)(F)F)cn2)CC1. The van der Waals surface area contributed by atoms with Crippen LogP contribution >= 0.6 is 0 Å². The van der Waals surface area contributed by atoms with Crippen molar-refractivity contribution in [1.29, 1.82) is 0 Å². The van der Waals surface area contributed by atoms with Crippen LogP contribution in [0, 0.1) is 5.92 Å². The molecule has 2 amide bonds. The maximum absolute atomic E-state index is 13.7. The van der Waals surface area contributed by atoms with E-state index < -0.39 is 17.8 Å². The van der Waals surface area contributed by atoms with Crippen LogP contribution in [0.15, 0.2) is 42.6 Å². The van der Waals surface area contributed by atoms with Gasteiger partial charge in [0.05, 0.1) is 5.56 Å². The molecule has 35 heavy (non-hydrogen) atoms. The first-order chi connectivity index (χ1) is 16.6. The van der Waals surface area contributed by atoms with Gasteiger partial charge in [0.2, 0.25) is 11.8 Å². The minimum Gasteiger partial charge on any atom is -0.355 e. The molecular formula is C26H31F3N4O2. The van der Waals surface area contributed by atoms with E-state index in [4.69, 9.17) is 0 Å². The molecule has 2 aliphatic rings. The van der Waals surface area contributed by atoms with Crippen molar-refractivity contribution in [2.75, 3.05) is 31.1 Å². The number of carbonyl (C=O) groups is 2. The van der Waals surface area contributed by atoms with E-state index in [1.807, 2.05) is 43.0 Å². The predicted molar refractivity (Wildman–Crippen MR) is 127 cm³/mol. The zero-order chi connectivity index (χ0) is 25.2. The molecule has 3 heterocycles. The summed E-state index contributed by atoms with van der Waals surface area (Å²) in [5.41, 5.74) is 1.38.